The van der Waals surface area contributed by atoms with Crippen molar-refractivity contribution < 1.29 is 4.74 Å². The molecule has 0 aliphatic carbocycles. The van der Waals surface area contributed by atoms with Crippen molar-refractivity contribution in [2.45, 2.75) is 13.3 Å². The number of nitrogens with zero attached hydrogens (tertiary/aromatic N) is 2. The summed E-state index contributed by atoms with van der Waals surface area (Å²) >= 11 is 0. The molecule has 1 saturated heterocycles. The topological polar surface area (TPSA) is 62.8 Å². The quantitative estimate of drug-likeness (QED) is 0.829. The summed E-state index contributed by atoms with van der Waals surface area (Å²) in [7, 11) is 0. The summed E-state index contributed by atoms with van der Waals surface area (Å²) in [5.41, 5.74) is 1.73. The molecule has 0 spiro atoms. The lowest BCUT2D eigenvalue weighted by Crippen LogP contribution is -2.43. The van der Waals surface area contributed by atoms with Crippen LogP contribution in [0.1, 0.15) is 12.7 Å². The summed E-state index contributed by atoms with van der Waals surface area (Å²) < 4.78 is 5.36. The van der Waals surface area contributed by atoms with Crippen molar-refractivity contribution in [3.8, 4) is 5.88 Å². The molecule has 5 nitrogen and oxygen atoms in total. The zero-order chi connectivity index (χ0) is 11.7. The maximum Gasteiger partial charge on any atom is 0.215 e. The third kappa shape index (κ3) is 2.10. The molecule has 1 fully saturated rings. The summed E-state index contributed by atoms with van der Waals surface area (Å²) in [6, 6.07) is 3.85. The maximum atomic E-state index is 5.36. The highest BCUT2D eigenvalue weighted by Crippen LogP contribution is 2.17. The van der Waals surface area contributed by atoms with E-state index >= 15 is 0 Å². The van der Waals surface area contributed by atoms with Crippen molar-refractivity contribution in [1.82, 2.24) is 20.3 Å². The number of aromatic nitrogens is 3. The van der Waals surface area contributed by atoms with E-state index in [0.29, 0.717) is 18.4 Å². The number of nitrogens with one attached hydrogen (secondary N) is 2. The molecule has 5 heteroatoms. The van der Waals surface area contributed by atoms with Crippen molar-refractivity contribution in [3.63, 3.8) is 0 Å². The third-order valence-corrected chi connectivity index (χ3v) is 3.01. The Morgan fingerprint density at radius 1 is 1.35 bits per heavy atom. The van der Waals surface area contributed by atoms with Gasteiger partial charge in [-0.05, 0) is 32.0 Å². The molecule has 3 rings (SSSR count). The third-order valence-electron chi connectivity index (χ3n) is 3.01. The van der Waals surface area contributed by atoms with Gasteiger partial charge in [0, 0.05) is 12.5 Å². The lowest BCUT2D eigenvalue weighted by Gasteiger charge is -2.25. The molecule has 0 radical (unpaired) electrons. The molecular formula is C12H16N4O. The van der Waals surface area contributed by atoms with Crippen LogP contribution in [0, 0.1) is 5.92 Å². The van der Waals surface area contributed by atoms with Crippen molar-refractivity contribution in [3.05, 3.63) is 18.0 Å². The van der Waals surface area contributed by atoms with Crippen LogP contribution in [0.25, 0.3) is 11.2 Å². The summed E-state index contributed by atoms with van der Waals surface area (Å²) in [4.78, 5) is 12.2. The van der Waals surface area contributed by atoms with Gasteiger partial charge in [-0.25, -0.2) is 4.98 Å². The van der Waals surface area contributed by atoms with E-state index in [-0.39, 0.29) is 0 Å². The maximum absolute atomic E-state index is 5.36. The summed E-state index contributed by atoms with van der Waals surface area (Å²) in [5.74, 6) is 2.37. The van der Waals surface area contributed by atoms with Gasteiger partial charge in [-0.1, -0.05) is 0 Å². The number of hydrogen-bond acceptors (Lipinski definition) is 4. The largest absolute Gasteiger partial charge is 0.478 e. The Hall–Kier alpha value is -1.62. The second-order valence-electron chi connectivity index (χ2n) is 4.37. The normalized spacial score (nSPS) is 16.1. The Labute approximate surface area is 99.6 Å². The van der Waals surface area contributed by atoms with Gasteiger partial charge < -0.3 is 15.0 Å². The number of pyridine rings is 1. The molecule has 2 N–H and O–H groups in total. The van der Waals surface area contributed by atoms with E-state index < -0.39 is 0 Å². The summed E-state index contributed by atoms with van der Waals surface area (Å²) in [6.07, 6.45) is 0.993. The van der Waals surface area contributed by atoms with Crippen LogP contribution in [0.4, 0.5) is 0 Å². The van der Waals surface area contributed by atoms with Crippen LogP contribution in [0.15, 0.2) is 12.1 Å². The monoisotopic (exact) mass is 232 g/mol. The van der Waals surface area contributed by atoms with Gasteiger partial charge in [0.25, 0.3) is 0 Å². The van der Waals surface area contributed by atoms with Crippen LogP contribution < -0.4 is 10.1 Å². The summed E-state index contributed by atoms with van der Waals surface area (Å²) in [5, 5.41) is 3.26. The lowest BCUT2D eigenvalue weighted by atomic mass is 9.99. The number of fused-ring (bicyclic) bond motifs is 1. The molecular weight excluding hydrogens is 216 g/mol. The molecule has 90 valence electrons. The van der Waals surface area contributed by atoms with E-state index in [4.69, 9.17) is 4.74 Å². The van der Waals surface area contributed by atoms with Crippen LogP contribution in [0.2, 0.25) is 0 Å². The standard InChI is InChI=1S/C12H16N4O/c1-2-17-11-4-3-9-12(16-11)15-10(14-9)5-8-6-13-7-8/h3-4,8,13H,2,5-7H2,1H3,(H,14,15,16). The molecule has 3 heterocycles. The predicted octanol–water partition coefficient (Wildman–Crippen LogP) is 1.12. The van der Waals surface area contributed by atoms with Gasteiger partial charge in [-0.3, -0.25) is 0 Å². The van der Waals surface area contributed by atoms with Gasteiger partial charge in [-0.15, -0.1) is 0 Å². The first-order chi connectivity index (χ1) is 8.35. The Balaban J connectivity index is 1.84. The fourth-order valence-electron chi connectivity index (χ4n) is 2.02. The molecule has 0 unspecified atom stereocenters. The number of imidazole rings is 1. The van der Waals surface area contributed by atoms with E-state index in [2.05, 4.69) is 20.3 Å². The molecule has 0 saturated carbocycles. The average Bonchev–Trinajstić information content (AvgIpc) is 2.66. The van der Waals surface area contributed by atoms with Crippen LogP contribution in [-0.4, -0.2) is 34.6 Å². The zero-order valence-electron chi connectivity index (χ0n) is 9.86. The molecule has 0 aromatic carbocycles. The van der Waals surface area contributed by atoms with Gasteiger partial charge in [0.05, 0.1) is 12.1 Å². The van der Waals surface area contributed by atoms with E-state index in [1.807, 2.05) is 19.1 Å². The van der Waals surface area contributed by atoms with E-state index in [0.717, 1.165) is 36.5 Å². The molecule has 17 heavy (non-hydrogen) atoms. The van der Waals surface area contributed by atoms with Crippen molar-refractivity contribution in [2.24, 2.45) is 5.92 Å². The average molecular weight is 232 g/mol. The Morgan fingerprint density at radius 3 is 2.94 bits per heavy atom. The summed E-state index contributed by atoms with van der Waals surface area (Å²) in [6.45, 7) is 4.76. The van der Waals surface area contributed by atoms with E-state index in [9.17, 15) is 0 Å². The number of H-pyrrole nitrogens is 1. The second-order valence-corrected chi connectivity index (χ2v) is 4.37. The number of hydrogen-bond donors (Lipinski definition) is 2. The Morgan fingerprint density at radius 2 is 2.24 bits per heavy atom. The van der Waals surface area contributed by atoms with Gasteiger partial charge in [-0.2, -0.15) is 4.98 Å². The first-order valence-corrected chi connectivity index (χ1v) is 6.04. The molecule has 1 aliphatic rings. The minimum absolute atomic E-state index is 0.629. The fraction of sp³-hybridized carbons (Fsp3) is 0.500. The Bertz CT molecular complexity index is 518. The molecule has 1 aliphatic heterocycles. The van der Waals surface area contributed by atoms with Crippen molar-refractivity contribution in [1.29, 1.82) is 0 Å². The minimum atomic E-state index is 0.629. The van der Waals surface area contributed by atoms with E-state index in [1.165, 1.54) is 0 Å². The van der Waals surface area contributed by atoms with Crippen LogP contribution >= 0.6 is 0 Å². The number of aromatic amines is 1. The van der Waals surface area contributed by atoms with Crippen LogP contribution in [0.5, 0.6) is 5.88 Å². The Kier molecular flexibility index (Phi) is 2.68. The van der Waals surface area contributed by atoms with Gasteiger partial charge in [0.1, 0.15) is 5.82 Å². The predicted molar refractivity (Wildman–Crippen MR) is 65.1 cm³/mol. The zero-order valence-corrected chi connectivity index (χ0v) is 9.86. The molecule has 0 amide bonds. The van der Waals surface area contributed by atoms with Gasteiger partial charge >= 0.3 is 0 Å². The minimum Gasteiger partial charge on any atom is -0.478 e. The number of ether oxygens (including phenoxy) is 1. The first-order valence-electron chi connectivity index (χ1n) is 6.04. The van der Waals surface area contributed by atoms with Crippen LogP contribution in [0.3, 0.4) is 0 Å². The highest BCUT2D eigenvalue weighted by molar-refractivity contribution is 5.71. The molecule has 2 aromatic heterocycles. The van der Waals surface area contributed by atoms with Gasteiger partial charge in [0.2, 0.25) is 5.88 Å². The molecule has 2 aromatic rings. The lowest BCUT2D eigenvalue weighted by molar-refractivity contribution is 0.328. The highest BCUT2D eigenvalue weighted by Gasteiger charge is 2.18. The first kappa shape index (κ1) is 10.5. The van der Waals surface area contributed by atoms with Gasteiger partial charge in [0.15, 0.2) is 5.65 Å². The van der Waals surface area contributed by atoms with Crippen LogP contribution in [-0.2, 0) is 6.42 Å². The SMILES string of the molecule is CCOc1ccc2[nH]c(CC3CNC3)nc2n1. The molecule has 0 bridgehead atoms. The van der Waals surface area contributed by atoms with Crippen molar-refractivity contribution >= 4 is 11.2 Å². The van der Waals surface area contributed by atoms with Crippen molar-refractivity contribution in [2.75, 3.05) is 19.7 Å². The molecule has 0 atom stereocenters. The second kappa shape index (κ2) is 4.33. The smallest absolute Gasteiger partial charge is 0.215 e. The highest BCUT2D eigenvalue weighted by atomic mass is 16.5. The fourth-order valence-corrected chi connectivity index (χ4v) is 2.02. The van der Waals surface area contributed by atoms with E-state index in [1.54, 1.807) is 0 Å². The number of rotatable bonds is 4.